The lowest BCUT2D eigenvalue weighted by Gasteiger charge is -2.47. The Kier molecular flexibility index (Phi) is 7.06. The first kappa shape index (κ1) is 24.5. The monoisotopic (exact) mass is 463 g/mol. The topological polar surface area (TPSA) is 3.24 Å². The number of benzene rings is 1. The molecule has 1 heterocycles. The fraction of sp³-hybridized carbons (Fsp3) is 0.548. The molecule has 0 amide bonds. The summed E-state index contributed by atoms with van der Waals surface area (Å²) < 4.78 is 0. The van der Waals surface area contributed by atoms with Crippen molar-refractivity contribution in [3.63, 3.8) is 0 Å². The van der Waals surface area contributed by atoms with Gasteiger partial charge in [0.15, 0.2) is 0 Å². The van der Waals surface area contributed by atoms with E-state index < -0.39 is 10.0 Å². The minimum absolute atomic E-state index is 0.501. The maximum absolute atomic E-state index is 4.55. The van der Waals surface area contributed by atoms with E-state index in [1.54, 1.807) is 16.0 Å². The van der Waals surface area contributed by atoms with Gasteiger partial charge in [-0.15, -0.1) is 0 Å². The van der Waals surface area contributed by atoms with Gasteiger partial charge in [-0.3, -0.25) is 0 Å². The lowest BCUT2D eigenvalue weighted by atomic mass is 9.64. The van der Waals surface area contributed by atoms with Crippen molar-refractivity contribution in [2.24, 2.45) is 5.41 Å². The van der Waals surface area contributed by atoms with Gasteiger partial charge in [-0.25, -0.2) is 10.0 Å². The predicted octanol–water partition coefficient (Wildman–Crippen LogP) is 8.66. The number of fused-ring (bicyclic) bond motifs is 1. The molecule has 0 aromatic heterocycles. The molecule has 4 rings (SSSR count). The van der Waals surface area contributed by atoms with Crippen molar-refractivity contribution < 1.29 is 0 Å². The Bertz CT molecular complexity index is 996. The van der Waals surface area contributed by atoms with Crippen molar-refractivity contribution >= 4 is 15.7 Å². The van der Waals surface area contributed by atoms with Crippen molar-refractivity contribution in [2.45, 2.75) is 82.8 Å². The van der Waals surface area contributed by atoms with Crippen molar-refractivity contribution in [3.8, 4) is 0 Å². The maximum Gasteiger partial charge on any atom is 0.0366 e. The van der Waals surface area contributed by atoms with Crippen LogP contribution < -0.4 is 0 Å². The summed E-state index contributed by atoms with van der Waals surface area (Å²) in [4.78, 5) is 4.11. The second-order valence-corrected chi connectivity index (χ2v) is 15.7. The Hall–Kier alpha value is -1.67. The van der Waals surface area contributed by atoms with Gasteiger partial charge in [-0.05, 0) is 121 Å². The fourth-order valence-electron chi connectivity index (χ4n) is 5.97. The number of piperidine rings is 1. The summed E-state index contributed by atoms with van der Waals surface area (Å²) in [6.45, 7) is 16.1. The Balaban J connectivity index is 1.43. The molecule has 1 spiro atoms. The zero-order valence-corrected chi connectivity index (χ0v) is 22.8. The molecule has 1 saturated heterocycles. The molecule has 33 heavy (non-hydrogen) atoms. The Morgan fingerprint density at radius 3 is 2.36 bits per heavy atom. The number of allylic oxidation sites excluding steroid dienone is 6. The van der Waals surface area contributed by atoms with Crippen LogP contribution in [0.1, 0.15) is 76.8 Å². The molecule has 0 bridgehead atoms. The normalized spacial score (nSPS) is 26.3. The van der Waals surface area contributed by atoms with Crippen molar-refractivity contribution in [3.05, 3.63) is 70.9 Å². The number of aryl methyl sites for hydroxylation is 1. The largest absolute Gasteiger partial charge is 0.371 e. The van der Waals surface area contributed by atoms with Gasteiger partial charge in [0.2, 0.25) is 0 Å². The SMILES string of the molecule is C=C(c1ccc(S(C)(C)C(C)C)c(C)c1)N1CCC2(CCC3=C/C(C)=C\CC/C=C\3C2)CC1. The van der Waals surface area contributed by atoms with Crippen molar-refractivity contribution in [1.82, 2.24) is 4.90 Å². The molecule has 180 valence electrons. The van der Waals surface area contributed by atoms with E-state index in [4.69, 9.17) is 0 Å². The number of hydrogen-bond acceptors (Lipinski definition) is 1. The van der Waals surface area contributed by atoms with E-state index in [9.17, 15) is 0 Å². The molecule has 0 atom stereocenters. The molecule has 2 fully saturated rings. The number of likely N-dealkylation sites (tertiary alicyclic amines) is 1. The Labute approximate surface area is 205 Å². The number of hydrogen-bond donors (Lipinski definition) is 0. The van der Waals surface area contributed by atoms with Crippen LogP contribution in [0, 0.1) is 12.3 Å². The molecule has 0 N–H and O–H groups in total. The van der Waals surface area contributed by atoms with Crippen LogP contribution in [0.4, 0.5) is 0 Å². The van der Waals surface area contributed by atoms with Gasteiger partial charge in [-0.1, -0.05) is 50.3 Å². The standard InChI is InChI=1S/C31H45NS/c1-23(2)33(6,7)30-13-12-27(21-25(30)4)26(5)32-18-16-31(17-19-32)15-14-28-20-24(3)10-8-9-11-29(28)22-31/h10-13,20-21,23H,5,8-9,14-19,22H2,1-4,6-7H3/b24-10-,28-20-,29-11-. The minimum atomic E-state index is -0.768. The third-order valence-corrected chi connectivity index (χ3v) is 12.7. The molecule has 1 aliphatic heterocycles. The quantitative estimate of drug-likeness (QED) is 0.432. The van der Waals surface area contributed by atoms with E-state index in [2.05, 4.69) is 88.1 Å². The smallest absolute Gasteiger partial charge is 0.0366 e. The van der Waals surface area contributed by atoms with E-state index in [0.29, 0.717) is 10.7 Å². The second kappa shape index (κ2) is 9.53. The van der Waals surface area contributed by atoms with Crippen LogP contribution in [-0.2, 0) is 0 Å². The maximum atomic E-state index is 4.55. The highest BCUT2D eigenvalue weighted by atomic mass is 32.3. The van der Waals surface area contributed by atoms with Gasteiger partial charge in [0, 0.05) is 18.8 Å². The lowest BCUT2D eigenvalue weighted by Crippen LogP contribution is -2.40. The van der Waals surface area contributed by atoms with Crippen molar-refractivity contribution in [2.75, 3.05) is 25.6 Å². The summed E-state index contributed by atoms with van der Waals surface area (Å²) in [5.74, 6) is 0. The van der Waals surface area contributed by atoms with Crippen LogP contribution in [0.5, 0.6) is 0 Å². The lowest BCUT2D eigenvalue weighted by molar-refractivity contribution is 0.122. The molecular weight excluding hydrogens is 418 g/mol. The molecular formula is C31H45NS. The van der Waals surface area contributed by atoms with Crippen LogP contribution in [0.2, 0.25) is 0 Å². The third kappa shape index (κ3) is 5.06. The van der Waals surface area contributed by atoms with Crippen LogP contribution >= 0.6 is 10.0 Å². The van der Waals surface area contributed by atoms with Gasteiger partial charge in [0.05, 0.1) is 0 Å². The highest BCUT2D eigenvalue weighted by Gasteiger charge is 2.39. The van der Waals surface area contributed by atoms with Crippen LogP contribution in [0.25, 0.3) is 5.70 Å². The molecule has 1 aromatic carbocycles. The van der Waals surface area contributed by atoms with E-state index >= 15 is 0 Å². The summed E-state index contributed by atoms with van der Waals surface area (Å²) in [5, 5.41) is 0.697. The minimum Gasteiger partial charge on any atom is -0.371 e. The molecule has 0 radical (unpaired) electrons. The van der Waals surface area contributed by atoms with Crippen LogP contribution in [0.3, 0.4) is 0 Å². The molecule has 1 saturated carbocycles. The molecule has 0 unspecified atom stereocenters. The van der Waals surface area contributed by atoms with Gasteiger partial charge >= 0.3 is 0 Å². The summed E-state index contributed by atoms with van der Waals surface area (Å²) >= 11 is 0. The first-order valence-electron chi connectivity index (χ1n) is 13.0. The second-order valence-electron chi connectivity index (χ2n) is 11.5. The van der Waals surface area contributed by atoms with E-state index in [1.165, 1.54) is 67.3 Å². The van der Waals surface area contributed by atoms with E-state index in [1.807, 2.05) is 0 Å². The van der Waals surface area contributed by atoms with E-state index in [0.717, 1.165) is 13.1 Å². The van der Waals surface area contributed by atoms with Gasteiger partial charge in [0.1, 0.15) is 0 Å². The average Bonchev–Trinajstić information content (AvgIpc) is 2.77. The Morgan fingerprint density at radius 2 is 1.70 bits per heavy atom. The third-order valence-electron chi connectivity index (χ3n) is 8.79. The number of rotatable bonds is 4. The van der Waals surface area contributed by atoms with Gasteiger partial charge in [0.25, 0.3) is 0 Å². The fourth-order valence-corrected chi connectivity index (χ4v) is 7.79. The first-order valence-corrected chi connectivity index (χ1v) is 15.5. The average molecular weight is 464 g/mol. The number of nitrogens with zero attached hydrogens (tertiary/aromatic N) is 1. The Morgan fingerprint density at radius 1 is 1.00 bits per heavy atom. The highest BCUT2D eigenvalue weighted by Crippen LogP contribution is 2.55. The van der Waals surface area contributed by atoms with Crippen LogP contribution in [0.15, 0.2) is 64.6 Å². The summed E-state index contributed by atoms with van der Waals surface area (Å²) in [5.41, 5.74) is 9.19. The first-order chi connectivity index (χ1) is 15.6. The molecule has 1 nitrogen and oxygen atoms in total. The zero-order chi connectivity index (χ0) is 23.8. The zero-order valence-electron chi connectivity index (χ0n) is 22.0. The van der Waals surface area contributed by atoms with Gasteiger partial charge < -0.3 is 4.90 Å². The van der Waals surface area contributed by atoms with Crippen molar-refractivity contribution in [1.29, 1.82) is 0 Å². The molecule has 2 aliphatic carbocycles. The molecule has 3 aliphatic rings. The predicted molar refractivity (Wildman–Crippen MR) is 149 cm³/mol. The summed E-state index contributed by atoms with van der Waals surface area (Å²) in [6, 6.07) is 7.12. The van der Waals surface area contributed by atoms with E-state index in [-0.39, 0.29) is 0 Å². The highest BCUT2D eigenvalue weighted by molar-refractivity contribution is 8.33. The van der Waals surface area contributed by atoms with Gasteiger partial charge in [-0.2, -0.15) is 0 Å². The summed E-state index contributed by atoms with van der Waals surface area (Å²) in [6.07, 6.45) is 21.2. The molecule has 1 aromatic rings. The van der Waals surface area contributed by atoms with Crippen LogP contribution in [-0.4, -0.2) is 35.8 Å². The molecule has 2 heteroatoms. The summed E-state index contributed by atoms with van der Waals surface area (Å²) in [7, 11) is -0.768.